The summed E-state index contributed by atoms with van der Waals surface area (Å²) in [5.74, 6) is 0.00409. The van der Waals surface area contributed by atoms with Crippen LogP contribution in [-0.2, 0) is 4.79 Å². The van der Waals surface area contributed by atoms with Crippen molar-refractivity contribution in [2.45, 2.75) is 19.4 Å². The molecule has 0 spiro atoms. The molecule has 0 aliphatic carbocycles. The minimum atomic E-state index is -0.0669. The summed E-state index contributed by atoms with van der Waals surface area (Å²) in [5, 5.41) is 6.63. The van der Waals surface area contributed by atoms with Gasteiger partial charge < -0.3 is 16.4 Å². The zero-order chi connectivity index (χ0) is 12.7. The second-order valence-electron chi connectivity index (χ2n) is 3.74. The van der Waals surface area contributed by atoms with Crippen LogP contribution < -0.4 is 16.4 Å². The third-order valence-electron chi connectivity index (χ3n) is 2.31. The first-order valence-corrected chi connectivity index (χ1v) is 6.02. The highest BCUT2D eigenvalue weighted by molar-refractivity contribution is 6.30. The first kappa shape index (κ1) is 13.8. The average Bonchev–Trinajstić information content (AvgIpc) is 2.31. The van der Waals surface area contributed by atoms with E-state index in [1.807, 2.05) is 19.1 Å². The van der Waals surface area contributed by atoms with Crippen molar-refractivity contribution in [1.82, 2.24) is 5.32 Å². The molecule has 1 aromatic rings. The Balaban J connectivity index is 2.51. The van der Waals surface area contributed by atoms with Gasteiger partial charge in [-0.2, -0.15) is 0 Å². The Labute approximate surface area is 107 Å². The van der Waals surface area contributed by atoms with Crippen LogP contribution >= 0.6 is 11.6 Å². The summed E-state index contributed by atoms with van der Waals surface area (Å²) in [5.41, 5.74) is 6.54. The molecule has 1 rings (SSSR count). The van der Waals surface area contributed by atoms with Crippen LogP contribution in [0.2, 0.25) is 5.02 Å². The van der Waals surface area contributed by atoms with E-state index in [0.29, 0.717) is 24.5 Å². The van der Waals surface area contributed by atoms with Crippen molar-refractivity contribution in [1.29, 1.82) is 0 Å². The third-order valence-corrected chi connectivity index (χ3v) is 2.56. The van der Waals surface area contributed by atoms with Gasteiger partial charge in [0.1, 0.15) is 0 Å². The molecule has 5 heteroatoms. The van der Waals surface area contributed by atoms with Gasteiger partial charge in [0, 0.05) is 36.3 Å². The first-order chi connectivity index (χ1) is 8.15. The molecule has 0 radical (unpaired) electrons. The number of carbonyl (C=O) groups is 1. The van der Waals surface area contributed by atoms with Crippen molar-refractivity contribution in [2.24, 2.45) is 5.73 Å². The molecule has 0 bridgehead atoms. The fraction of sp³-hybridized carbons (Fsp3) is 0.417. The second kappa shape index (κ2) is 7.14. The van der Waals surface area contributed by atoms with Crippen molar-refractivity contribution >= 4 is 23.2 Å². The molecule has 0 aliphatic heterocycles. The zero-order valence-corrected chi connectivity index (χ0v) is 10.6. The van der Waals surface area contributed by atoms with Crippen LogP contribution in [-0.4, -0.2) is 25.0 Å². The first-order valence-electron chi connectivity index (χ1n) is 5.64. The maximum atomic E-state index is 11.4. The summed E-state index contributed by atoms with van der Waals surface area (Å²) >= 11 is 5.79. The number of nitrogens with one attached hydrogen (secondary N) is 2. The Morgan fingerprint density at radius 2 is 2.06 bits per heavy atom. The minimum Gasteiger partial charge on any atom is -0.381 e. The Kier molecular flexibility index (Phi) is 5.80. The summed E-state index contributed by atoms with van der Waals surface area (Å²) in [6.45, 7) is 2.93. The highest BCUT2D eigenvalue weighted by atomic mass is 35.5. The molecule has 4 nitrogen and oxygen atoms in total. The molecular formula is C12H18ClN3O. The minimum absolute atomic E-state index is 0.00409. The van der Waals surface area contributed by atoms with Gasteiger partial charge in [0.2, 0.25) is 5.91 Å². The van der Waals surface area contributed by atoms with E-state index in [4.69, 9.17) is 17.3 Å². The maximum Gasteiger partial charge on any atom is 0.222 e. The van der Waals surface area contributed by atoms with Gasteiger partial charge in [-0.25, -0.2) is 0 Å². The van der Waals surface area contributed by atoms with Gasteiger partial charge in [0.05, 0.1) is 0 Å². The van der Waals surface area contributed by atoms with Crippen LogP contribution in [0.15, 0.2) is 24.3 Å². The molecule has 94 valence electrons. The highest BCUT2D eigenvalue weighted by Gasteiger charge is 2.11. The molecular weight excluding hydrogens is 238 g/mol. The molecule has 1 unspecified atom stereocenters. The van der Waals surface area contributed by atoms with Gasteiger partial charge >= 0.3 is 0 Å². The number of benzene rings is 1. The van der Waals surface area contributed by atoms with Crippen molar-refractivity contribution in [3.8, 4) is 0 Å². The lowest BCUT2D eigenvalue weighted by Gasteiger charge is -2.17. The lowest BCUT2D eigenvalue weighted by molar-refractivity contribution is -0.121. The maximum absolute atomic E-state index is 11.4. The van der Waals surface area contributed by atoms with Gasteiger partial charge in [0.15, 0.2) is 0 Å². The Morgan fingerprint density at radius 1 is 1.41 bits per heavy atom. The number of rotatable bonds is 6. The molecule has 1 atom stereocenters. The number of nitrogens with two attached hydrogens (primary N) is 1. The lowest BCUT2D eigenvalue weighted by atomic mass is 10.2. The Morgan fingerprint density at radius 3 is 2.59 bits per heavy atom. The molecule has 0 fully saturated rings. The van der Waals surface area contributed by atoms with Gasteiger partial charge in [0.25, 0.3) is 0 Å². The van der Waals surface area contributed by atoms with E-state index in [9.17, 15) is 4.79 Å². The van der Waals surface area contributed by atoms with Crippen molar-refractivity contribution < 1.29 is 4.79 Å². The predicted octanol–water partition coefficient (Wildman–Crippen LogP) is 1.61. The number of hydrogen-bond donors (Lipinski definition) is 3. The normalized spacial score (nSPS) is 11.9. The van der Waals surface area contributed by atoms with E-state index in [-0.39, 0.29) is 11.9 Å². The fourth-order valence-corrected chi connectivity index (χ4v) is 1.59. The van der Waals surface area contributed by atoms with Crippen LogP contribution in [0, 0.1) is 0 Å². The molecule has 0 aliphatic rings. The van der Waals surface area contributed by atoms with Crippen LogP contribution in [0.3, 0.4) is 0 Å². The smallest absolute Gasteiger partial charge is 0.222 e. The monoisotopic (exact) mass is 255 g/mol. The Hall–Kier alpha value is -1.26. The molecule has 0 heterocycles. The van der Waals surface area contributed by atoms with E-state index >= 15 is 0 Å². The highest BCUT2D eigenvalue weighted by Crippen LogP contribution is 2.14. The fourth-order valence-electron chi connectivity index (χ4n) is 1.47. The topological polar surface area (TPSA) is 67.2 Å². The van der Waals surface area contributed by atoms with Crippen LogP contribution in [0.1, 0.15) is 13.3 Å². The van der Waals surface area contributed by atoms with Gasteiger partial charge in [-0.3, -0.25) is 4.79 Å². The number of anilines is 1. The SMILES string of the molecule is CCNC(=O)CC(CN)Nc1ccc(Cl)cc1. The van der Waals surface area contributed by atoms with Crippen LogP contribution in [0.25, 0.3) is 0 Å². The number of halogens is 1. The van der Waals surface area contributed by atoms with E-state index in [1.165, 1.54) is 0 Å². The lowest BCUT2D eigenvalue weighted by Crippen LogP contribution is -2.35. The summed E-state index contributed by atoms with van der Waals surface area (Å²) in [7, 11) is 0. The molecule has 1 aromatic carbocycles. The van der Waals surface area contributed by atoms with E-state index in [0.717, 1.165) is 5.69 Å². The molecule has 4 N–H and O–H groups in total. The zero-order valence-electron chi connectivity index (χ0n) is 9.87. The number of carbonyl (C=O) groups excluding carboxylic acids is 1. The average molecular weight is 256 g/mol. The molecule has 0 saturated heterocycles. The van der Waals surface area contributed by atoms with Crippen molar-refractivity contribution in [3.05, 3.63) is 29.3 Å². The van der Waals surface area contributed by atoms with Gasteiger partial charge in [-0.15, -0.1) is 0 Å². The molecule has 1 amide bonds. The molecule has 0 saturated carbocycles. The van der Waals surface area contributed by atoms with E-state index < -0.39 is 0 Å². The number of amides is 1. The van der Waals surface area contributed by atoms with Crippen LogP contribution in [0.5, 0.6) is 0 Å². The third kappa shape index (κ3) is 5.06. The number of hydrogen-bond acceptors (Lipinski definition) is 3. The van der Waals surface area contributed by atoms with E-state index in [1.54, 1.807) is 12.1 Å². The van der Waals surface area contributed by atoms with Crippen LogP contribution in [0.4, 0.5) is 5.69 Å². The Bertz CT molecular complexity index is 353. The summed E-state index contributed by atoms with van der Waals surface area (Å²) in [6.07, 6.45) is 0.368. The summed E-state index contributed by atoms with van der Waals surface area (Å²) < 4.78 is 0. The predicted molar refractivity (Wildman–Crippen MR) is 71.2 cm³/mol. The van der Waals surface area contributed by atoms with Crippen molar-refractivity contribution in [2.75, 3.05) is 18.4 Å². The molecule has 17 heavy (non-hydrogen) atoms. The largest absolute Gasteiger partial charge is 0.381 e. The summed E-state index contributed by atoms with van der Waals surface area (Å²) in [4.78, 5) is 11.4. The summed E-state index contributed by atoms with van der Waals surface area (Å²) in [6, 6.07) is 7.25. The van der Waals surface area contributed by atoms with Gasteiger partial charge in [-0.1, -0.05) is 11.6 Å². The van der Waals surface area contributed by atoms with Gasteiger partial charge in [-0.05, 0) is 31.2 Å². The second-order valence-corrected chi connectivity index (χ2v) is 4.18. The van der Waals surface area contributed by atoms with Crippen molar-refractivity contribution in [3.63, 3.8) is 0 Å². The standard InChI is InChI=1S/C12H18ClN3O/c1-2-15-12(17)7-11(8-14)16-10-5-3-9(13)4-6-10/h3-6,11,16H,2,7-8,14H2,1H3,(H,15,17). The van der Waals surface area contributed by atoms with E-state index in [2.05, 4.69) is 10.6 Å². The molecule has 0 aromatic heterocycles. The quantitative estimate of drug-likeness (QED) is 0.723.